The van der Waals surface area contributed by atoms with E-state index in [1.807, 2.05) is 0 Å². The van der Waals surface area contributed by atoms with Crippen molar-refractivity contribution < 1.29 is 24.9 Å². The van der Waals surface area contributed by atoms with Gasteiger partial charge < -0.3 is 25.4 Å². The summed E-state index contributed by atoms with van der Waals surface area (Å²) in [5, 5.41) is 31.7. The molecule has 0 saturated heterocycles. The summed E-state index contributed by atoms with van der Waals surface area (Å²) in [6.45, 7) is 4.86. The molecule has 0 heterocycles. The quantitative estimate of drug-likeness (QED) is 0.629. The Balaban J connectivity index is 2.62. The first-order chi connectivity index (χ1) is 10.1. The van der Waals surface area contributed by atoms with Gasteiger partial charge in [-0.2, -0.15) is 0 Å². The Labute approximate surface area is 138 Å². The Morgan fingerprint density at radius 1 is 1.36 bits per heavy atom. The molecule has 1 aromatic carbocycles. The van der Waals surface area contributed by atoms with Crippen molar-refractivity contribution in [1.82, 2.24) is 5.32 Å². The number of ether oxygens (including phenoxy) is 1. The topological polar surface area (TPSA) is 99.0 Å². The number of benzene rings is 1. The standard InChI is InChI=1S/C15H22BrNO5/c1-15(2,3)22-14(21)17-7-12(19)13(20)9-4-5-11(16)10(6-9)8-18/h4-6,12-13,18-20H,7-8H2,1-3H3,(H,17,21). The van der Waals surface area contributed by atoms with Gasteiger partial charge in [0, 0.05) is 11.0 Å². The molecule has 0 aliphatic rings. The number of amides is 1. The van der Waals surface area contributed by atoms with Crippen molar-refractivity contribution in [2.75, 3.05) is 6.54 Å². The van der Waals surface area contributed by atoms with Gasteiger partial charge in [0.05, 0.1) is 6.61 Å². The normalized spacial score (nSPS) is 14.3. The van der Waals surface area contributed by atoms with Crippen LogP contribution < -0.4 is 5.32 Å². The highest BCUT2D eigenvalue weighted by Crippen LogP contribution is 2.24. The van der Waals surface area contributed by atoms with Gasteiger partial charge in [0.2, 0.25) is 0 Å². The van der Waals surface area contributed by atoms with Gasteiger partial charge in [-0.3, -0.25) is 0 Å². The molecule has 22 heavy (non-hydrogen) atoms. The third-order valence-electron chi connectivity index (χ3n) is 2.80. The second-order valence-electron chi connectivity index (χ2n) is 5.90. The molecule has 0 aromatic heterocycles. The highest BCUT2D eigenvalue weighted by molar-refractivity contribution is 9.10. The van der Waals surface area contributed by atoms with E-state index in [-0.39, 0.29) is 13.2 Å². The first-order valence-electron chi connectivity index (χ1n) is 6.86. The number of nitrogens with one attached hydrogen (secondary N) is 1. The van der Waals surface area contributed by atoms with Crippen LogP contribution in [0.2, 0.25) is 0 Å². The molecule has 0 aliphatic carbocycles. The molecule has 7 heteroatoms. The minimum absolute atomic E-state index is 0.152. The average molecular weight is 376 g/mol. The summed E-state index contributed by atoms with van der Waals surface area (Å²) in [6.07, 6.45) is -3.04. The summed E-state index contributed by atoms with van der Waals surface area (Å²) < 4.78 is 5.76. The summed E-state index contributed by atoms with van der Waals surface area (Å²) in [5.74, 6) is 0. The second kappa shape index (κ2) is 7.92. The molecule has 0 saturated carbocycles. The maximum atomic E-state index is 11.5. The second-order valence-corrected chi connectivity index (χ2v) is 6.76. The van der Waals surface area contributed by atoms with Crippen molar-refractivity contribution >= 4 is 22.0 Å². The number of carbonyl (C=O) groups is 1. The molecule has 124 valence electrons. The van der Waals surface area contributed by atoms with Gasteiger partial charge in [0.1, 0.15) is 17.8 Å². The van der Waals surface area contributed by atoms with Crippen LogP contribution in [0, 0.1) is 0 Å². The zero-order valence-electron chi connectivity index (χ0n) is 12.8. The van der Waals surface area contributed by atoms with Crippen LogP contribution in [0.5, 0.6) is 0 Å². The molecule has 0 spiro atoms. The molecule has 0 bridgehead atoms. The lowest BCUT2D eigenvalue weighted by Crippen LogP contribution is -2.38. The lowest BCUT2D eigenvalue weighted by molar-refractivity contribution is 0.0128. The third-order valence-corrected chi connectivity index (χ3v) is 3.57. The van der Waals surface area contributed by atoms with Crippen molar-refractivity contribution in [3.63, 3.8) is 0 Å². The van der Waals surface area contributed by atoms with Gasteiger partial charge in [-0.1, -0.05) is 22.0 Å². The monoisotopic (exact) mass is 375 g/mol. The molecule has 1 amide bonds. The minimum Gasteiger partial charge on any atom is -0.444 e. The van der Waals surface area contributed by atoms with E-state index in [0.717, 1.165) is 0 Å². The average Bonchev–Trinajstić information content (AvgIpc) is 2.42. The van der Waals surface area contributed by atoms with Crippen molar-refractivity contribution in [3.05, 3.63) is 33.8 Å². The van der Waals surface area contributed by atoms with Crippen LogP contribution >= 0.6 is 15.9 Å². The number of aliphatic hydroxyl groups excluding tert-OH is 3. The van der Waals surface area contributed by atoms with E-state index >= 15 is 0 Å². The zero-order chi connectivity index (χ0) is 16.9. The van der Waals surface area contributed by atoms with Gasteiger partial charge in [-0.15, -0.1) is 0 Å². The van der Waals surface area contributed by atoms with Gasteiger partial charge in [-0.05, 0) is 44.0 Å². The number of rotatable bonds is 5. The first kappa shape index (κ1) is 18.9. The zero-order valence-corrected chi connectivity index (χ0v) is 14.4. The maximum absolute atomic E-state index is 11.5. The van der Waals surface area contributed by atoms with E-state index in [2.05, 4.69) is 21.2 Å². The van der Waals surface area contributed by atoms with Crippen LogP contribution in [0.1, 0.15) is 38.0 Å². The highest BCUT2D eigenvalue weighted by Gasteiger charge is 2.22. The maximum Gasteiger partial charge on any atom is 0.407 e. The van der Waals surface area contributed by atoms with E-state index < -0.39 is 23.9 Å². The van der Waals surface area contributed by atoms with Crippen molar-refractivity contribution in [2.45, 2.75) is 45.2 Å². The van der Waals surface area contributed by atoms with Crippen molar-refractivity contribution in [3.8, 4) is 0 Å². The Kier molecular flexibility index (Phi) is 6.80. The predicted molar refractivity (Wildman–Crippen MR) is 85.3 cm³/mol. The molecule has 1 aromatic rings. The molecule has 6 nitrogen and oxygen atoms in total. The van der Waals surface area contributed by atoms with E-state index in [9.17, 15) is 20.1 Å². The molecule has 2 unspecified atom stereocenters. The van der Waals surface area contributed by atoms with Crippen LogP contribution in [0.15, 0.2) is 22.7 Å². The summed E-state index contributed by atoms with van der Waals surface area (Å²) in [5.41, 5.74) is 0.421. The van der Waals surface area contributed by atoms with Crippen LogP contribution in [-0.4, -0.2) is 39.7 Å². The molecular formula is C15H22BrNO5. The minimum atomic E-state index is -1.19. The SMILES string of the molecule is CC(C)(C)OC(=O)NCC(O)C(O)c1ccc(Br)c(CO)c1. The van der Waals surface area contributed by atoms with E-state index in [0.29, 0.717) is 15.6 Å². The Hall–Kier alpha value is -1.15. The molecule has 0 fully saturated rings. The fourth-order valence-corrected chi connectivity index (χ4v) is 2.11. The number of aliphatic hydroxyl groups is 3. The predicted octanol–water partition coefficient (Wildman–Crippen LogP) is 1.86. The van der Waals surface area contributed by atoms with Gasteiger partial charge in [-0.25, -0.2) is 4.79 Å². The van der Waals surface area contributed by atoms with Crippen LogP contribution in [0.4, 0.5) is 4.79 Å². The Bertz CT molecular complexity index is 515. The number of hydrogen-bond acceptors (Lipinski definition) is 5. The highest BCUT2D eigenvalue weighted by atomic mass is 79.9. The largest absolute Gasteiger partial charge is 0.444 e. The Morgan fingerprint density at radius 3 is 2.55 bits per heavy atom. The molecular weight excluding hydrogens is 354 g/mol. The van der Waals surface area contributed by atoms with E-state index in [4.69, 9.17) is 4.74 Å². The molecule has 0 radical (unpaired) electrons. The lowest BCUT2D eigenvalue weighted by atomic mass is 10.0. The number of hydrogen-bond donors (Lipinski definition) is 4. The molecule has 2 atom stereocenters. The summed E-state index contributed by atoms with van der Waals surface area (Å²) in [7, 11) is 0. The van der Waals surface area contributed by atoms with Gasteiger partial charge in [0.15, 0.2) is 0 Å². The fourth-order valence-electron chi connectivity index (χ4n) is 1.74. The van der Waals surface area contributed by atoms with Crippen LogP contribution in [-0.2, 0) is 11.3 Å². The number of carbonyl (C=O) groups excluding carboxylic acids is 1. The van der Waals surface area contributed by atoms with Crippen LogP contribution in [0.3, 0.4) is 0 Å². The lowest BCUT2D eigenvalue weighted by Gasteiger charge is -2.22. The van der Waals surface area contributed by atoms with Crippen LogP contribution in [0.25, 0.3) is 0 Å². The van der Waals surface area contributed by atoms with Crippen molar-refractivity contribution in [1.29, 1.82) is 0 Å². The number of alkyl carbamates (subject to hydrolysis) is 1. The summed E-state index contributed by atoms with van der Waals surface area (Å²) in [4.78, 5) is 11.5. The van der Waals surface area contributed by atoms with Gasteiger partial charge in [0.25, 0.3) is 0 Å². The van der Waals surface area contributed by atoms with Gasteiger partial charge >= 0.3 is 6.09 Å². The molecule has 0 aliphatic heterocycles. The Morgan fingerprint density at radius 2 is 2.00 bits per heavy atom. The third kappa shape index (κ3) is 5.92. The smallest absolute Gasteiger partial charge is 0.407 e. The molecule has 1 rings (SSSR count). The van der Waals surface area contributed by atoms with Crippen molar-refractivity contribution in [2.24, 2.45) is 0 Å². The van der Waals surface area contributed by atoms with E-state index in [1.54, 1.807) is 39.0 Å². The summed E-state index contributed by atoms with van der Waals surface area (Å²) in [6, 6.07) is 4.90. The summed E-state index contributed by atoms with van der Waals surface area (Å²) >= 11 is 3.28. The fraction of sp³-hybridized carbons (Fsp3) is 0.533. The molecule has 4 N–H and O–H groups in total. The first-order valence-corrected chi connectivity index (χ1v) is 7.65. The van der Waals surface area contributed by atoms with E-state index in [1.165, 1.54) is 0 Å². The number of halogens is 1.